The van der Waals surface area contributed by atoms with Crippen LogP contribution in [0.5, 0.6) is 5.88 Å². The molecule has 0 saturated heterocycles. The van der Waals surface area contributed by atoms with E-state index in [0.717, 1.165) is 24.8 Å². The Morgan fingerprint density at radius 3 is 3.00 bits per heavy atom. The lowest BCUT2D eigenvalue weighted by Gasteiger charge is -2.31. The lowest BCUT2D eigenvalue weighted by molar-refractivity contribution is 0.112. The average Bonchev–Trinajstić information content (AvgIpc) is 3.10. The van der Waals surface area contributed by atoms with Crippen LogP contribution in [0.3, 0.4) is 0 Å². The molecular weight excluding hydrogens is 302 g/mol. The normalized spacial score (nSPS) is 20.8. The summed E-state index contributed by atoms with van der Waals surface area (Å²) < 4.78 is 8.04. The van der Waals surface area contributed by atoms with E-state index in [0.29, 0.717) is 29.9 Å². The number of ether oxygens (including phenoxy) is 1. The van der Waals surface area contributed by atoms with E-state index in [1.54, 1.807) is 12.3 Å². The molecule has 2 aromatic heterocycles. The molecule has 128 valence electrons. The fraction of sp³-hybridized carbons (Fsp3) is 0.526. The van der Waals surface area contributed by atoms with Gasteiger partial charge in [-0.2, -0.15) is 5.10 Å². The summed E-state index contributed by atoms with van der Waals surface area (Å²) in [5.74, 6) is 1.48. The zero-order chi connectivity index (χ0) is 16.9. The minimum atomic E-state index is 0.462. The van der Waals surface area contributed by atoms with Gasteiger partial charge in [0.1, 0.15) is 0 Å². The maximum atomic E-state index is 11.1. The monoisotopic (exact) mass is 327 g/mol. The Bertz CT molecular complexity index is 696. The van der Waals surface area contributed by atoms with Gasteiger partial charge in [-0.1, -0.05) is 12.8 Å². The van der Waals surface area contributed by atoms with Crippen LogP contribution in [0.2, 0.25) is 0 Å². The number of pyridine rings is 1. The fourth-order valence-corrected chi connectivity index (χ4v) is 3.64. The van der Waals surface area contributed by atoms with Gasteiger partial charge < -0.3 is 4.74 Å². The predicted molar refractivity (Wildman–Crippen MR) is 92.5 cm³/mol. The standard InChI is InChI=1S/C19H25N3O2/c1-3-22-18(8-9-21-22)17-7-5-4-6-15(17)13-24-19-10-16(12-23)14(2)11-20-19/h8-12,15,17H,3-7,13H2,1-2H3. The van der Waals surface area contributed by atoms with Gasteiger partial charge in [0, 0.05) is 48.1 Å². The molecule has 2 unspecified atom stereocenters. The molecule has 2 heterocycles. The van der Waals surface area contributed by atoms with Crippen molar-refractivity contribution in [2.24, 2.45) is 5.92 Å². The highest BCUT2D eigenvalue weighted by Crippen LogP contribution is 2.38. The average molecular weight is 327 g/mol. The SMILES string of the molecule is CCn1nccc1C1CCCCC1COc1cc(C=O)c(C)cn1. The molecule has 0 amide bonds. The van der Waals surface area contributed by atoms with Crippen LogP contribution in [0, 0.1) is 12.8 Å². The van der Waals surface area contributed by atoms with Crippen molar-refractivity contribution >= 4 is 6.29 Å². The maximum absolute atomic E-state index is 11.1. The van der Waals surface area contributed by atoms with E-state index < -0.39 is 0 Å². The Labute approximate surface area is 143 Å². The van der Waals surface area contributed by atoms with Crippen molar-refractivity contribution in [1.82, 2.24) is 14.8 Å². The summed E-state index contributed by atoms with van der Waals surface area (Å²) >= 11 is 0. The van der Waals surface area contributed by atoms with Crippen molar-refractivity contribution in [2.75, 3.05) is 6.61 Å². The molecular formula is C19H25N3O2. The zero-order valence-corrected chi connectivity index (χ0v) is 14.4. The predicted octanol–water partition coefficient (Wildman–Crippen LogP) is 3.77. The molecule has 0 aromatic carbocycles. The first-order chi connectivity index (χ1) is 11.7. The molecule has 1 aliphatic carbocycles. The fourth-order valence-electron chi connectivity index (χ4n) is 3.64. The summed E-state index contributed by atoms with van der Waals surface area (Å²) in [6, 6.07) is 3.87. The Balaban J connectivity index is 1.71. The van der Waals surface area contributed by atoms with E-state index in [1.165, 1.54) is 25.0 Å². The molecule has 0 aliphatic heterocycles. The van der Waals surface area contributed by atoms with Gasteiger partial charge in [0.2, 0.25) is 5.88 Å². The molecule has 0 bridgehead atoms. The van der Waals surface area contributed by atoms with Crippen LogP contribution in [-0.4, -0.2) is 27.7 Å². The summed E-state index contributed by atoms with van der Waals surface area (Å²) in [6.07, 6.45) is 9.28. The van der Waals surface area contributed by atoms with Gasteiger partial charge in [0.15, 0.2) is 6.29 Å². The summed E-state index contributed by atoms with van der Waals surface area (Å²) in [4.78, 5) is 15.4. The van der Waals surface area contributed by atoms with Gasteiger partial charge in [0.05, 0.1) is 6.61 Å². The molecule has 2 atom stereocenters. The lowest BCUT2D eigenvalue weighted by Crippen LogP contribution is -2.26. The number of carbonyl (C=O) groups excluding carboxylic acids is 1. The minimum absolute atomic E-state index is 0.462. The van der Waals surface area contributed by atoms with Gasteiger partial charge in [0.25, 0.3) is 0 Å². The Kier molecular flexibility index (Phi) is 5.28. The molecule has 3 rings (SSSR count). The molecule has 1 saturated carbocycles. The molecule has 0 N–H and O–H groups in total. The zero-order valence-electron chi connectivity index (χ0n) is 14.4. The second-order valence-electron chi connectivity index (χ2n) is 6.53. The van der Waals surface area contributed by atoms with Crippen molar-refractivity contribution in [1.29, 1.82) is 0 Å². The molecule has 24 heavy (non-hydrogen) atoms. The highest BCUT2D eigenvalue weighted by molar-refractivity contribution is 5.77. The van der Waals surface area contributed by atoms with Crippen LogP contribution in [0.25, 0.3) is 0 Å². The van der Waals surface area contributed by atoms with E-state index in [4.69, 9.17) is 4.74 Å². The lowest BCUT2D eigenvalue weighted by atomic mass is 9.78. The van der Waals surface area contributed by atoms with Crippen LogP contribution in [0.4, 0.5) is 0 Å². The molecule has 0 spiro atoms. The van der Waals surface area contributed by atoms with E-state index in [1.807, 2.05) is 13.1 Å². The highest BCUT2D eigenvalue weighted by Gasteiger charge is 2.29. The molecule has 5 heteroatoms. The van der Waals surface area contributed by atoms with Crippen LogP contribution in [0.1, 0.15) is 60.1 Å². The summed E-state index contributed by atoms with van der Waals surface area (Å²) in [5, 5.41) is 4.42. The third-order valence-corrected chi connectivity index (χ3v) is 5.03. The number of aromatic nitrogens is 3. The van der Waals surface area contributed by atoms with E-state index in [2.05, 4.69) is 27.8 Å². The number of aldehydes is 1. The maximum Gasteiger partial charge on any atom is 0.213 e. The highest BCUT2D eigenvalue weighted by atomic mass is 16.5. The van der Waals surface area contributed by atoms with Crippen LogP contribution in [-0.2, 0) is 6.54 Å². The van der Waals surface area contributed by atoms with Gasteiger partial charge in [-0.3, -0.25) is 9.48 Å². The van der Waals surface area contributed by atoms with Crippen LogP contribution >= 0.6 is 0 Å². The first kappa shape index (κ1) is 16.7. The third kappa shape index (κ3) is 3.50. The van der Waals surface area contributed by atoms with Gasteiger partial charge >= 0.3 is 0 Å². The Morgan fingerprint density at radius 2 is 2.21 bits per heavy atom. The first-order valence-electron chi connectivity index (χ1n) is 8.79. The second kappa shape index (κ2) is 7.60. The van der Waals surface area contributed by atoms with Gasteiger partial charge in [-0.15, -0.1) is 0 Å². The van der Waals surface area contributed by atoms with E-state index in [-0.39, 0.29) is 0 Å². The number of hydrogen-bond acceptors (Lipinski definition) is 4. The van der Waals surface area contributed by atoms with Crippen LogP contribution in [0.15, 0.2) is 24.5 Å². The van der Waals surface area contributed by atoms with Gasteiger partial charge in [-0.05, 0) is 38.3 Å². The first-order valence-corrected chi connectivity index (χ1v) is 8.79. The molecule has 2 aromatic rings. The second-order valence-corrected chi connectivity index (χ2v) is 6.53. The molecule has 0 radical (unpaired) electrons. The summed E-state index contributed by atoms with van der Waals surface area (Å²) in [7, 11) is 0. The molecule has 5 nitrogen and oxygen atoms in total. The number of nitrogens with zero attached hydrogens (tertiary/aromatic N) is 3. The van der Waals surface area contributed by atoms with Crippen LogP contribution < -0.4 is 4.74 Å². The number of hydrogen-bond donors (Lipinski definition) is 0. The third-order valence-electron chi connectivity index (χ3n) is 5.03. The van der Waals surface area contributed by atoms with E-state index >= 15 is 0 Å². The van der Waals surface area contributed by atoms with Crippen molar-refractivity contribution in [3.8, 4) is 5.88 Å². The van der Waals surface area contributed by atoms with Gasteiger partial charge in [-0.25, -0.2) is 4.98 Å². The number of aryl methyl sites for hydroxylation is 2. The number of carbonyl (C=O) groups is 1. The largest absolute Gasteiger partial charge is 0.477 e. The minimum Gasteiger partial charge on any atom is -0.477 e. The molecule has 1 fully saturated rings. The Hall–Kier alpha value is -2.17. The van der Waals surface area contributed by atoms with Crippen molar-refractivity contribution in [3.05, 3.63) is 41.3 Å². The molecule has 1 aliphatic rings. The Morgan fingerprint density at radius 1 is 1.38 bits per heavy atom. The summed E-state index contributed by atoms with van der Waals surface area (Å²) in [5.41, 5.74) is 2.83. The quantitative estimate of drug-likeness (QED) is 0.758. The topological polar surface area (TPSA) is 57.0 Å². The van der Waals surface area contributed by atoms with Crippen molar-refractivity contribution in [3.63, 3.8) is 0 Å². The van der Waals surface area contributed by atoms with Crippen molar-refractivity contribution < 1.29 is 9.53 Å². The summed E-state index contributed by atoms with van der Waals surface area (Å²) in [6.45, 7) is 5.54. The number of rotatable bonds is 6. The van der Waals surface area contributed by atoms with Crippen molar-refractivity contribution in [2.45, 2.75) is 52.0 Å². The van der Waals surface area contributed by atoms with E-state index in [9.17, 15) is 4.79 Å². The smallest absolute Gasteiger partial charge is 0.213 e.